The molecule has 0 aromatic heterocycles. The van der Waals surface area contributed by atoms with Crippen molar-refractivity contribution >= 4 is 11.6 Å². The Bertz CT molecular complexity index is 407. The lowest BCUT2D eigenvalue weighted by atomic mass is 10.1. The Balaban J connectivity index is 2.04. The Hall–Kier alpha value is -1.65. The van der Waals surface area contributed by atoms with Crippen molar-refractivity contribution < 1.29 is 13.6 Å². The van der Waals surface area contributed by atoms with Gasteiger partial charge in [-0.25, -0.2) is 8.78 Å². The number of benzene rings is 1. The first-order chi connectivity index (χ1) is 7.98. The number of hydrogen-bond acceptors (Lipinski definition) is 2. The number of nitrogen functional groups attached to an aromatic ring is 1. The van der Waals surface area contributed by atoms with Gasteiger partial charge in [-0.1, -0.05) is 0 Å². The van der Waals surface area contributed by atoms with E-state index >= 15 is 0 Å². The fourth-order valence-corrected chi connectivity index (χ4v) is 1.85. The number of nitrogens with two attached hydrogens (primary N) is 1. The van der Waals surface area contributed by atoms with Crippen LogP contribution in [0.5, 0.6) is 0 Å². The summed E-state index contributed by atoms with van der Waals surface area (Å²) >= 11 is 0. The number of nitrogens with zero attached hydrogens (tertiary/aromatic N) is 1. The van der Waals surface area contributed by atoms with Crippen LogP contribution in [0.25, 0.3) is 0 Å². The van der Waals surface area contributed by atoms with Gasteiger partial charge in [0.25, 0.3) is 11.8 Å². The van der Waals surface area contributed by atoms with Crippen LogP contribution in [0.15, 0.2) is 24.3 Å². The molecule has 0 spiro atoms. The lowest BCUT2D eigenvalue weighted by Gasteiger charge is -2.31. The molecule has 0 saturated carbocycles. The molecule has 1 fully saturated rings. The molecule has 0 radical (unpaired) electrons. The minimum absolute atomic E-state index is 0.107. The van der Waals surface area contributed by atoms with Crippen LogP contribution in [-0.2, 0) is 0 Å². The van der Waals surface area contributed by atoms with Gasteiger partial charge in [0.1, 0.15) is 0 Å². The average molecular weight is 240 g/mol. The molecule has 0 aliphatic carbocycles. The van der Waals surface area contributed by atoms with E-state index in [-0.39, 0.29) is 31.8 Å². The van der Waals surface area contributed by atoms with E-state index in [4.69, 9.17) is 5.73 Å². The standard InChI is InChI=1S/C12H14F2N2O/c13-12(14)5-7-16(8-6-12)11(17)9-1-3-10(15)4-2-9/h1-4H,5-8,15H2. The molecule has 2 rings (SSSR count). The number of halogens is 2. The summed E-state index contributed by atoms with van der Waals surface area (Å²) in [6, 6.07) is 6.49. The van der Waals surface area contributed by atoms with Gasteiger partial charge in [0.15, 0.2) is 0 Å². The van der Waals surface area contributed by atoms with E-state index < -0.39 is 5.92 Å². The van der Waals surface area contributed by atoms with E-state index in [0.717, 1.165) is 0 Å². The fourth-order valence-electron chi connectivity index (χ4n) is 1.85. The third-order valence-electron chi connectivity index (χ3n) is 2.94. The SMILES string of the molecule is Nc1ccc(C(=O)N2CCC(F)(F)CC2)cc1. The second-order valence-electron chi connectivity index (χ2n) is 4.27. The van der Waals surface area contributed by atoms with E-state index in [0.29, 0.717) is 11.3 Å². The molecule has 0 unspecified atom stereocenters. The van der Waals surface area contributed by atoms with Crippen molar-refractivity contribution in [2.24, 2.45) is 0 Å². The smallest absolute Gasteiger partial charge is 0.253 e. The molecular weight excluding hydrogens is 226 g/mol. The Labute approximate surface area is 98.2 Å². The molecule has 1 amide bonds. The molecule has 1 aromatic rings. The van der Waals surface area contributed by atoms with Gasteiger partial charge in [-0.15, -0.1) is 0 Å². The molecule has 1 aromatic carbocycles. The predicted octanol–water partition coefficient (Wildman–Crippen LogP) is 2.14. The molecule has 17 heavy (non-hydrogen) atoms. The molecule has 1 heterocycles. The largest absolute Gasteiger partial charge is 0.399 e. The van der Waals surface area contributed by atoms with Crippen LogP contribution in [0.1, 0.15) is 23.2 Å². The maximum atomic E-state index is 12.9. The lowest BCUT2D eigenvalue weighted by molar-refractivity contribution is -0.0494. The molecule has 0 atom stereocenters. The minimum Gasteiger partial charge on any atom is -0.399 e. The summed E-state index contributed by atoms with van der Waals surface area (Å²) in [6.45, 7) is 0.215. The van der Waals surface area contributed by atoms with Crippen molar-refractivity contribution in [1.29, 1.82) is 0 Å². The minimum atomic E-state index is -2.63. The van der Waals surface area contributed by atoms with Crippen LogP contribution < -0.4 is 5.73 Å². The third-order valence-corrected chi connectivity index (χ3v) is 2.94. The van der Waals surface area contributed by atoms with Gasteiger partial charge in [0.05, 0.1) is 0 Å². The highest BCUT2D eigenvalue weighted by Gasteiger charge is 2.35. The normalized spacial score (nSPS) is 19.1. The Morgan fingerprint density at radius 3 is 2.24 bits per heavy atom. The van der Waals surface area contributed by atoms with Gasteiger partial charge >= 0.3 is 0 Å². The van der Waals surface area contributed by atoms with E-state index in [1.807, 2.05) is 0 Å². The molecule has 1 saturated heterocycles. The summed E-state index contributed by atoms with van der Waals surface area (Å²) in [6.07, 6.45) is -0.512. The number of rotatable bonds is 1. The monoisotopic (exact) mass is 240 g/mol. The van der Waals surface area contributed by atoms with E-state index in [2.05, 4.69) is 0 Å². The maximum Gasteiger partial charge on any atom is 0.253 e. The number of piperidine rings is 1. The number of hydrogen-bond donors (Lipinski definition) is 1. The summed E-state index contributed by atoms with van der Waals surface area (Å²) in [5.41, 5.74) is 6.58. The molecule has 0 bridgehead atoms. The van der Waals surface area contributed by atoms with Crippen molar-refractivity contribution in [3.8, 4) is 0 Å². The predicted molar refractivity (Wildman–Crippen MR) is 60.9 cm³/mol. The summed E-state index contributed by atoms with van der Waals surface area (Å²) in [5, 5.41) is 0. The second kappa shape index (κ2) is 4.31. The Morgan fingerprint density at radius 1 is 1.18 bits per heavy atom. The number of carbonyl (C=O) groups is 1. The van der Waals surface area contributed by atoms with Gasteiger partial charge in [0, 0.05) is 37.2 Å². The maximum absolute atomic E-state index is 12.9. The first-order valence-corrected chi connectivity index (χ1v) is 5.51. The molecule has 92 valence electrons. The van der Waals surface area contributed by atoms with Crippen LogP contribution in [0.2, 0.25) is 0 Å². The van der Waals surface area contributed by atoms with Gasteiger partial charge in [-0.05, 0) is 24.3 Å². The number of alkyl halides is 2. The number of likely N-dealkylation sites (tertiary alicyclic amines) is 1. The highest BCUT2D eigenvalue weighted by atomic mass is 19.3. The highest BCUT2D eigenvalue weighted by molar-refractivity contribution is 5.94. The quantitative estimate of drug-likeness (QED) is 0.764. The summed E-state index contributed by atoms with van der Waals surface area (Å²) in [7, 11) is 0. The van der Waals surface area contributed by atoms with Crippen molar-refractivity contribution in [1.82, 2.24) is 4.90 Å². The van der Waals surface area contributed by atoms with Gasteiger partial charge < -0.3 is 10.6 Å². The van der Waals surface area contributed by atoms with E-state index in [1.54, 1.807) is 24.3 Å². The molecular formula is C12H14F2N2O. The molecule has 2 N–H and O–H groups in total. The van der Waals surface area contributed by atoms with E-state index in [1.165, 1.54) is 4.90 Å². The summed E-state index contributed by atoms with van der Waals surface area (Å²) in [4.78, 5) is 13.4. The fraction of sp³-hybridized carbons (Fsp3) is 0.417. The van der Waals surface area contributed by atoms with Gasteiger partial charge in [-0.3, -0.25) is 4.79 Å². The first kappa shape index (κ1) is 11.8. The van der Waals surface area contributed by atoms with Gasteiger partial charge in [0.2, 0.25) is 0 Å². The zero-order valence-electron chi connectivity index (χ0n) is 9.33. The lowest BCUT2D eigenvalue weighted by Crippen LogP contribution is -2.42. The van der Waals surface area contributed by atoms with E-state index in [9.17, 15) is 13.6 Å². The first-order valence-electron chi connectivity index (χ1n) is 5.51. The number of amides is 1. The molecule has 3 nitrogen and oxygen atoms in total. The third kappa shape index (κ3) is 2.72. The van der Waals surface area contributed by atoms with Crippen molar-refractivity contribution in [3.05, 3.63) is 29.8 Å². The topological polar surface area (TPSA) is 46.3 Å². The van der Waals surface area contributed by atoms with Crippen LogP contribution in [0, 0.1) is 0 Å². The van der Waals surface area contributed by atoms with Crippen molar-refractivity contribution in [3.63, 3.8) is 0 Å². The molecule has 5 heteroatoms. The second-order valence-corrected chi connectivity index (χ2v) is 4.27. The molecule has 1 aliphatic rings. The summed E-state index contributed by atoms with van der Waals surface area (Å²) in [5.74, 6) is -2.83. The van der Waals surface area contributed by atoms with Crippen LogP contribution in [-0.4, -0.2) is 29.8 Å². The molecule has 1 aliphatic heterocycles. The summed E-state index contributed by atoms with van der Waals surface area (Å²) < 4.78 is 25.9. The Morgan fingerprint density at radius 2 is 1.71 bits per heavy atom. The average Bonchev–Trinajstić information content (AvgIpc) is 2.29. The zero-order valence-corrected chi connectivity index (χ0v) is 9.33. The van der Waals surface area contributed by atoms with Crippen molar-refractivity contribution in [2.75, 3.05) is 18.8 Å². The van der Waals surface area contributed by atoms with Crippen LogP contribution >= 0.6 is 0 Å². The van der Waals surface area contributed by atoms with Crippen LogP contribution in [0.4, 0.5) is 14.5 Å². The number of carbonyl (C=O) groups excluding carboxylic acids is 1. The van der Waals surface area contributed by atoms with Gasteiger partial charge in [-0.2, -0.15) is 0 Å². The highest BCUT2D eigenvalue weighted by Crippen LogP contribution is 2.28. The zero-order chi connectivity index (χ0) is 12.5. The number of anilines is 1. The van der Waals surface area contributed by atoms with Crippen molar-refractivity contribution in [2.45, 2.75) is 18.8 Å². The van der Waals surface area contributed by atoms with Crippen LogP contribution in [0.3, 0.4) is 0 Å². The Kier molecular flexibility index (Phi) is 3.00.